The number of benzene rings is 2. The first kappa shape index (κ1) is 24.1. The van der Waals surface area contributed by atoms with E-state index in [0.29, 0.717) is 32.8 Å². The van der Waals surface area contributed by atoms with Crippen LogP contribution in [0.15, 0.2) is 63.5 Å². The summed E-state index contributed by atoms with van der Waals surface area (Å²) in [4.78, 5) is 31.8. The Kier molecular flexibility index (Phi) is 7.39. The van der Waals surface area contributed by atoms with Crippen molar-refractivity contribution < 1.29 is 14.3 Å². The zero-order chi connectivity index (χ0) is 23.7. The molecule has 9 heteroatoms. The van der Waals surface area contributed by atoms with Gasteiger partial charge in [0.2, 0.25) is 0 Å². The van der Waals surface area contributed by atoms with Crippen LogP contribution in [0.4, 0.5) is 0 Å². The van der Waals surface area contributed by atoms with E-state index in [0.717, 1.165) is 18.3 Å². The molecule has 1 aromatic heterocycles. The molecule has 0 bridgehead atoms. The van der Waals surface area contributed by atoms with Crippen LogP contribution in [0.3, 0.4) is 0 Å². The van der Waals surface area contributed by atoms with Crippen LogP contribution < -0.4 is 19.6 Å². The fraction of sp³-hybridized carbons (Fsp3) is 0.208. The highest BCUT2D eigenvalue weighted by Gasteiger charge is 2.33. The van der Waals surface area contributed by atoms with Crippen LogP contribution in [0, 0.1) is 7.14 Å². The van der Waals surface area contributed by atoms with E-state index in [9.17, 15) is 9.59 Å². The highest BCUT2D eigenvalue weighted by Crippen LogP contribution is 2.32. The molecule has 2 heterocycles. The quantitative estimate of drug-likeness (QED) is 0.301. The molecule has 6 nitrogen and oxygen atoms in total. The summed E-state index contributed by atoms with van der Waals surface area (Å²) < 4.78 is 14.8. The van der Waals surface area contributed by atoms with E-state index in [4.69, 9.17) is 14.5 Å². The Balaban J connectivity index is 2.03. The zero-order valence-electron chi connectivity index (χ0n) is 18.1. The van der Waals surface area contributed by atoms with Gasteiger partial charge in [0.1, 0.15) is 5.75 Å². The number of hydrogen-bond acceptors (Lipinski definition) is 6. The van der Waals surface area contributed by atoms with E-state index in [1.807, 2.05) is 55.5 Å². The molecule has 1 atom stereocenters. The van der Waals surface area contributed by atoms with Gasteiger partial charge < -0.3 is 9.47 Å². The zero-order valence-corrected chi connectivity index (χ0v) is 23.2. The summed E-state index contributed by atoms with van der Waals surface area (Å²) in [6.07, 6.45) is 2.38. The minimum atomic E-state index is -0.607. The number of ether oxygens (including phenoxy) is 2. The summed E-state index contributed by atoms with van der Waals surface area (Å²) in [5.41, 5.74) is 2.46. The van der Waals surface area contributed by atoms with Crippen LogP contribution in [-0.4, -0.2) is 24.8 Å². The number of allylic oxidation sites excluding steroid dienone is 1. The molecule has 170 valence electrons. The minimum Gasteiger partial charge on any atom is -0.495 e. The molecule has 0 spiro atoms. The van der Waals surface area contributed by atoms with Gasteiger partial charge in [-0.25, -0.2) is 9.79 Å². The van der Waals surface area contributed by atoms with Gasteiger partial charge in [-0.2, -0.15) is 0 Å². The third kappa shape index (κ3) is 4.54. The Morgan fingerprint density at radius 3 is 2.58 bits per heavy atom. The second-order valence-electron chi connectivity index (χ2n) is 7.21. The maximum Gasteiger partial charge on any atom is 0.338 e. The number of fused-ring (bicyclic) bond motifs is 1. The van der Waals surface area contributed by atoms with Crippen molar-refractivity contribution in [3.63, 3.8) is 0 Å². The molecular formula is C24H20I2N2O4S. The maximum atomic E-state index is 13.7. The second-order valence-corrected chi connectivity index (χ2v) is 10.6. The maximum absolute atomic E-state index is 13.7. The summed E-state index contributed by atoms with van der Waals surface area (Å²) in [7, 11) is 2.97. The molecule has 0 saturated heterocycles. The predicted octanol–water partition coefficient (Wildman–Crippen LogP) is 4.02. The van der Waals surface area contributed by atoms with E-state index in [2.05, 4.69) is 45.2 Å². The largest absolute Gasteiger partial charge is 0.495 e. The Bertz CT molecular complexity index is 1440. The fourth-order valence-corrected chi connectivity index (χ4v) is 6.98. The van der Waals surface area contributed by atoms with Gasteiger partial charge in [-0.05, 0) is 75.4 Å². The number of esters is 1. The van der Waals surface area contributed by atoms with Crippen molar-refractivity contribution in [2.45, 2.75) is 19.4 Å². The summed E-state index contributed by atoms with van der Waals surface area (Å²) in [5.74, 6) is 0.235. The van der Waals surface area contributed by atoms with Crippen molar-refractivity contribution in [2.75, 3.05) is 14.2 Å². The monoisotopic (exact) mass is 686 g/mol. The SMILES string of the molecule is CCC1=C(C(=O)OC)[C@@H](c2ccccc2)n2c(s/c(=C/c3cc(I)cc(I)c3OC)c2=O)=N1. The van der Waals surface area contributed by atoms with E-state index >= 15 is 0 Å². The molecule has 1 aliphatic heterocycles. The molecule has 3 aromatic rings. The Morgan fingerprint density at radius 2 is 1.94 bits per heavy atom. The predicted molar refractivity (Wildman–Crippen MR) is 145 cm³/mol. The molecule has 0 amide bonds. The number of nitrogens with zero attached hydrogens (tertiary/aromatic N) is 2. The van der Waals surface area contributed by atoms with Gasteiger partial charge in [-0.15, -0.1) is 0 Å². The van der Waals surface area contributed by atoms with Gasteiger partial charge in [-0.3, -0.25) is 9.36 Å². The summed E-state index contributed by atoms with van der Waals surface area (Å²) in [6.45, 7) is 1.94. The highest BCUT2D eigenvalue weighted by molar-refractivity contribution is 14.1. The lowest BCUT2D eigenvalue weighted by Gasteiger charge is -2.25. The van der Waals surface area contributed by atoms with Crippen molar-refractivity contribution in [1.29, 1.82) is 0 Å². The average molecular weight is 686 g/mol. The first-order valence-corrected chi connectivity index (χ1v) is 13.1. The van der Waals surface area contributed by atoms with E-state index < -0.39 is 12.0 Å². The average Bonchev–Trinajstić information content (AvgIpc) is 3.12. The number of carbonyl (C=O) groups is 1. The molecule has 0 aliphatic carbocycles. The molecule has 0 unspecified atom stereocenters. The molecule has 0 saturated carbocycles. The lowest BCUT2D eigenvalue weighted by Crippen LogP contribution is -2.40. The first-order valence-electron chi connectivity index (χ1n) is 10.1. The van der Waals surface area contributed by atoms with Crippen molar-refractivity contribution in [2.24, 2.45) is 4.99 Å². The first-order chi connectivity index (χ1) is 15.9. The van der Waals surface area contributed by atoms with Crippen molar-refractivity contribution in [3.05, 3.63) is 91.7 Å². The van der Waals surface area contributed by atoms with Gasteiger partial charge in [0.05, 0.1) is 39.6 Å². The van der Waals surface area contributed by atoms with E-state index in [1.54, 1.807) is 11.7 Å². The third-order valence-electron chi connectivity index (χ3n) is 5.29. The van der Waals surface area contributed by atoms with Crippen LogP contribution in [0.2, 0.25) is 0 Å². The van der Waals surface area contributed by atoms with Crippen LogP contribution in [0.25, 0.3) is 6.08 Å². The van der Waals surface area contributed by atoms with Gasteiger partial charge in [-0.1, -0.05) is 48.6 Å². The molecule has 2 aromatic carbocycles. The van der Waals surface area contributed by atoms with Gasteiger partial charge >= 0.3 is 5.97 Å². The van der Waals surface area contributed by atoms with Gasteiger partial charge in [0.15, 0.2) is 4.80 Å². The van der Waals surface area contributed by atoms with Crippen molar-refractivity contribution in [1.82, 2.24) is 4.57 Å². The minimum absolute atomic E-state index is 0.208. The lowest BCUT2D eigenvalue weighted by molar-refractivity contribution is -0.136. The fourth-order valence-electron chi connectivity index (χ4n) is 3.86. The number of hydrogen-bond donors (Lipinski definition) is 0. The van der Waals surface area contributed by atoms with Crippen molar-refractivity contribution >= 4 is 68.6 Å². The topological polar surface area (TPSA) is 69.9 Å². The lowest BCUT2D eigenvalue weighted by atomic mass is 9.95. The number of halogens is 2. The number of rotatable bonds is 5. The molecule has 0 N–H and O–H groups in total. The number of aromatic nitrogens is 1. The number of carbonyl (C=O) groups excluding carboxylic acids is 1. The summed E-state index contributed by atoms with van der Waals surface area (Å²) in [5, 5.41) is 0. The van der Waals surface area contributed by atoms with Crippen LogP contribution in [0.1, 0.15) is 30.5 Å². The highest BCUT2D eigenvalue weighted by atomic mass is 127. The van der Waals surface area contributed by atoms with Crippen molar-refractivity contribution in [3.8, 4) is 5.75 Å². The van der Waals surface area contributed by atoms with E-state index in [1.165, 1.54) is 18.4 Å². The molecule has 0 fully saturated rings. The smallest absolute Gasteiger partial charge is 0.338 e. The van der Waals surface area contributed by atoms with Crippen LogP contribution >= 0.6 is 56.5 Å². The molecule has 4 rings (SSSR count). The molecule has 1 aliphatic rings. The third-order valence-corrected chi connectivity index (χ3v) is 7.70. The van der Waals surface area contributed by atoms with Crippen LogP contribution in [-0.2, 0) is 9.53 Å². The van der Waals surface area contributed by atoms with Gasteiger partial charge in [0.25, 0.3) is 5.56 Å². The normalized spacial score (nSPS) is 15.8. The molecule has 33 heavy (non-hydrogen) atoms. The summed E-state index contributed by atoms with van der Waals surface area (Å²) >= 11 is 5.78. The standard InChI is InChI=1S/C24H20I2N2O4S/c1-4-17-19(23(30)32-3)20(13-8-6-5-7-9-13)28-22(29)18(33-24(28)27-17)11-14-10-15(25)12-16(26)21(14)31-2/h5-12,20H,4H2,1-3H3/b18-11+/t20-/m1/s1. The Morgan fingerprint density at radius 1 is 1.21 bits per heavy atom. The van der Waals surface area contributed by atoms with E-state index in [-0.39, 0.29) is 5.56 Å². The second kappa shape index (κ2) is 10.1. The molecular weight excluding hydrogens is 666 g/mol. The summed E-state index contributed by atoms with van der Waals surface area (Å²) in [6, 6.07) is 12.9. The Labute approximate surface area is 221 Å². The number of methoxy groups -OCH3 is 2. The van der Waals surface area contributed by atoms with Crippen LogP contribution in [0.5, 0.6) is 5.75 Å². The Hall–Kier alpha value is -1.99. The molecule has 0 radical (unpaired) electrons. The number of thiazole rings is 1. The van der Waals surface area contributed by atoms with Gasteiger partial charge in [0, 0.05) is 9.13 Å².